The molecule has 0 bridgehead atoms. The summed E-state index contributed by atoms with van der Waals surface area (Å²) in [5.41, 5.74) is 0.950. The van der Waals surface area contributed by atoms with Crippen molar-refractivity contribution in [1.82, 2.24) is 9.88 Å². The van der Waals surface area contributed by atoms with Gasteiger partial charge in [0, 0.05) is 25.0 Å². The lowest BCUT2D eigenvalue weighted by Crippen LogP contribution is -2.41. The van der Waals surface area contributed by atoms with E-state index in [1.54, 1.807) is 12.4 Å². The largest absolute Gasteiger partial charge is 0.391 e. The minimum absolute atomic E-state index is 0.134. The molecule has 1 saturated heterocycles. The maximum atomic E-state index is 12.6. The van der Waals surface area contributed by atoms with Crippen molar-refractivity contribution in [3.8, 4) is 0 Å². The summed E-state index contributed by atoms with van der Waals surface area (Å²) in [5, 5.41) is 10.0. The van der Waals surface area contributed by atoms with Gasteiger partial charge in [0.2, 0.25) is 5.91 Å². The molecule has 3 rings (SSSR count). The summed E-state index contributed by atoms with van der Waals surface area (Å²) in [6.07, 6.45) is 10.5. The van der Waals surface area contributed by atoms with Crippen LogP contribution in [0, 0.1) is 5.92 Å². The van der Waals surface area contributed by atoms with E-state index in [0.29, 0.717) is 18.9 Å². The van der Waals surface area contributed by atoms with Crippen LogP contribution in [0.2, 0.25) is 0 Å². The van der Waals surface area contributed by atoms with Crippen molar-refractivity contribution in [1.29, 1.82) is 0 Å². The number of carbonyl (C=O) groups is 1. The molecule has 2 heterocycles. The minimum Gasteiger partial charge on any atom is -0.391 e. The molecule has 2 aliphatic rings. The molecule has 4 nitrogen and oxygen atoms in total. The zero-order valence-corrected chi connectivity index (χ0v) is 12.4. The first-order valence-corrected chi connectivity index (χ1v) is 8.10. The zero-order valence-electron chi connectivity index (χ0n) is 12.4. The topological polar surface area (TPSA) is 53.4 Å². The Kier molecular flexibility index (Phi) is 4.54. The van der Waals surface area contributed by atoms with E-state index in [0.717, 1.165) is 12.0 Å². The van der Waals surface area contributed by atoms with Crippen molar-refractivity contribution >= 4 is 5.91 Å². The fourth-order valence-corrected chi connectivity index (χ4v) is 3.87. The molecule has 1 aliphatic heterocycles. The number of hydrogen-bond donors (Lipinski definition) is 1. The van der Waals surface area contributed by atoms with Crippen LogP contribution >= 0.6 is 0 Å². The second kappa shape index (κ2) is 6.56. The fraction of sp³-hybridized carbons (Fsp3) is 0.647. The van der Waals surface area contributed by atoms with E-state index < -0.39 is 0 Å². The van der Waals surface area contributed by atoms with Gasteiger partial charge in [0.15, 0.2) is 0 Å². The molecule has 0 spiro atoms. The number of hydrogen-bond acceptors (Lipinski definition) is 3. The average Bonchev–Trinajstić information content (AvgIpc) is 2.91. The highest BCUT2D eigenvalue weighted by Crippen LogP contribution is 2.34. The lowest BCUT2D eigenvalue weighted by molar-refractivity contribution is -0.132. The second-order valence-electron chi connectivity index (χ2n) is 6.44. The lowest BCUT2D eigenvalue weighted by atomic mass is 9.82. The van der Waals surface area contributed by atoms with Gasteiger partial charge < -0.3 is 10.0 Å². The fourth-order valence-electron chi connectivity index (χ4n) is 3.87. The Morgan fingerprint density at radius 3 is 2.86 bits per heavy atom. The number of aliphatic hydroxyl groups is 1. The van der Waals surface area contributed by atoms with E-state index >= 15 is 0 Å². The van der Waals surface area contributed by atoms with Crippen LogP contribution in [-0.4, -0.2) is 39.6 Å². The third kappa shape index (κ3) is 3.43. The Morgan fingerprint density at radius 2 is 2.14 bits per heavy atom. The van der Waals surface area contributed by atoms with Gasteiger partial charge in [-0.1, -0.05) is 25.3 Å². The Balaban J connectivity index is 1.67. The maximum absolute atomic E-state index is 12.6. The number of carbonyl (C=O) groups excluding carboxylic acids is 1. The summed E-state index contributed by atoms with van der Waals surface area (Å²) < 4.78 is 0. The first kappa shape index (κ1) is 14.5. The van der Waals surface area contributed by atoms with Gasteiger partial charge in [-0.05, 0) is 36.8 Å². The summed E-state index contributed by atoms with van der Waals surface area (Å²) in [6, 6.07) is 4.04. The van der Waals surface area contributed by atoms with E-state index in [1.807, 2.05) is 17.0 Å². The predicted molar refractivity (Wildman–Crippen MR) is 80.6 cm³/mol. The average molecular weight is 288 g/mol. The molecular weight excluding hydrogens is 264 g/mol. The molecule has 1 aromatic rings. The molecule has 1 aliphatic carbocycles. The summed E-state index contributed by atoms with van der Waals surface area (Å²) in [7, 11) is 0. The number of rotatable bonds is 3. The molecule has 0 radical (unpaired) electrons. The summed E-state index contributed by atoms with van der Waals surface area (Å²) >= 11 is 0. The molecule has 1 amide bonds. The SMILES string of the molecule is O=C(Cc1cccnc1)N1CC(O)CC1C1CCCCC1. The maximum Gasteiger partial charge on any atom is 0.227 e. The highest BCUT2D eigenvalue weighted by Gasteiger charge is 2.38. The van der Waals surface area contributed by atoms with Crippen LogP contribution in [0.3, 0.4) is 0 Å². The Hall–Kier alpha value is -1.42. The van der Waals surface area contributed by atoms with Gasteiger partial charge in [-0.3, -0.25) is 9.78 Å². The smallest absolute Gasteiger partial charge is 0.227 e. The molecule has 1 aromatic heterocycles. The lowest BCUT2D eigenvalue weighted by Gasteiger charge is -2.33. The van der Waals surface area contributed by atoms with Crippen molar-refractivity contribution in [2.45, 2.75) is 57.1 Å². The van der Waals surface area contributed by atoms with Crippen molar-refractivity contribution in [2.75, 3.05) is 6.54 Å². The number of β-amino-alcohol motifs (C(OH)–C–C–N with tert-alkyl or cyclic N) is 1. The summed E-state index contributed by atoms with van der Waals surface area (Å²) in [6.45, 7) is 0.500. The van der Waals surface area contributed by atoms with Gasteiger partial charge in [-0.15, -0.1) is 0 Å². The van der Waals surface area contributed by atoms with Crippen LogP contribution in [0.25, 0.3) is 0 Å². The zero-order chi connectivity index (χ0) is 14.7. The molecule has 4 heteroatoms. The molecule has 2 atom stereocenters. The second-order valence-corrected chi connectivity index (χ2v) is 6.44. The van der Waals surface area contributed by atoms with Crippen LogP contribution in [0.1, 0.15) is 44.1 Å². The van der Waals surface area contributed by atoms with Gasteiger partial charge >= 0.3 is 0 Å². The number of pyridine rings is 1. The standard InChI is InChI=1S/C17H24N2O2/c20-15-10-16(14-6-2-1-3-7-14)19(12-15)17(21)9-13-5-4-8-18-11-13/h4-5,8,11,14-16,20H,1-3,6-7,9-10,12H2. The molecule has 0 aromatic carbocycles. The van der Waals surface area contributed by atoms with E-state index in [-0.39, 0.29) is 18.1 Å². The van der Waals surface area contributed by atoms with Gasteiger partial charge in [0.25, 0.3) is 0 Å². The molecular formula is C17H24N2O2. The van der Waals surface area contributed by atoms with E-state index in [1.165, 1.54) is 32.1 Å². The minimum atomic E-state index is -0.352. The van der Waals surface area contributed by atoms with Crippen molar-refractivity contribution in [3.63, 3.8) is 0 Å². The van der Waals surface area contributed by atoms with E-state index in [2.05, 4.69) is 4.98 Å². The van der Waals surface area contributed by atoms with Crippen LogP contribution in [0.15, 0.2) is 24.5 Å². The normalized spacial score (nSPS) is 27.0. The number of nitrogens with zero attached hydrogens (tertiary/aromatic N) is 2. The molecule has 114 valence electrons. The van der Waals surface area contributed by atoms with Crippen molar-refractivity contribution in [3.05, 3.63) is 30.1 Å². The Morgan fingerprint density at radius 1 is 1.33 bits per heavy atom. The van der Waals surface area contributed by atoms with Gasteiger partial charge in [-0.25, -0.2) is 0 Å². The van der Waals surface area contributed by atoms with Crippen LogP contribution in [0.5, 0.6) is 0 Å². The first-order valence-electron chi connectivity index (χ1n) is 8.10. The highest BCUT2D eigenvalue weighted by atomic mass is 16.3. The highest BCUT2D eigenvalue weighted by molar-refractivity contribution is 5.79. The van der Waals surface area contributed by atoms with Crippen molar-refractivity contribution < 1.29 is 9.90 Å². The van der Waals surface area contributed by atoms with Crippen molar-refractivity contribution in [2.24, 2.45) is 5.92 Å². The number of amides is 1. The number of aromatic nitrogens is 1. The Bertz CT molecular complexity index is 471. The van der Waals surface area contributed by atoms with Gasteiger partial charge in [-0.2, -0.15) is 0 Å². The van der Waals surface area contributed by atoms with Gasteiger partial charge in [0.1, 0.15) is 0 Å². The number of aliphatic hydroxyl groups excluding tert-OH is 1. The van der Waals surface area contributed by atoms with E-state index in [9.17, 15) is 9.90 Å². The van der Waals surface area contributed by atoms with Crippen LogP contribution in [-0.2, 0) is 11.2 Å². The predicted octanol–water partition coefficient (Wildman–Crippen LogP) is 2.17. The third-order valence-corrected chi connectivity index (χ3v) is 4.91. The monoisotopic (exact) mass is 288 g/mol. The first-order chi connectivity index (χ1) is 10.2. The summed E-state index contributed by atoms with van der Waals surface area (Å²) in [5.74, 6) is 0.712. The molecule has 21 heavy (non-hydrogen) atoms. The molecule has 1 N–H and O–H groups in total. The number of likely N-dealkylation sites (tertiary alicyclic amines) is 1. The Labute approximate surface area is 126 Å². The molecule has 2 unspecified atom stereocenters. The summed E-state index contributed by atoms with van der Waals surface area (Å²) in [4.78, 5) is 18.6. The quantitative estimate of drug-likeness (QED) is 0.927. The van der Waals surface area contributed by atoms with E-state index in [4.69, 9.17) is 0 Å². The van der Waals surface area contributed by atoms with Crippen LogP contribution < -0.4 is 0 Å². The molecule has 2 fully saturated rings. The molecule has 1 saturated carbocycles. The third-order valence-electron chi connectivity index (χ3n) is 4.91. The van der Waals surface area contributed by atoms with Crippen LogP contribution in [0.4, 0.5) is 0 Å². The van der Waals surface area contributed by atoms with Gasteiger partial charge in [0.05, 0.1) is 12.5 Å².